The molecule has 0 aromatic carbocycles. The molecular formula is C4H7NO4. The van der Waals surface area contributed by atoms with Gasteiger partial charge < -0.3 is 20.2 Å². The van der Waals surface area contributed by atoms with Gasteiger partial charge in [-0.05, 0) is 0 Å². The third-order valence-electron chi connectivity index (χ3n) is 0.992. The van der Waals surface area contributed by atoms with E-state index in [1.54, 1.807) is 0 Å². The monoisotopic (exact) mass is 133 g/mol. The van der Waals surface area contributed by atoms with Crippen molar-refractivity contribution in [2.75, 3.05) is 6.61 Å². The van der Waals surface area contributed by atoms with Gasteiger partial charge >= 0.3 is 5.97 Å². The first-order valence-electron chi connectivity index (χ1n) is 2.47. The first-order valence-corrected chi connectivity index (χ1v) is 2.47. The number of aliphatic hydroxyl groups is 3. The van der Waals surface area contributed by atoms with Gasteiger partial charge in [0.15, 0.2) is 0 Å². The van der Waals surface area contributed by atoms with Gasteiger partial charge in [-0.15, -0.1) is 0 Å². The van der Waals surface area contributed by atoms with Crippen LogP contribution < -0.4 is 0 Å². The lowest BCUT2D eigenvalue weighted by atomic mass is 10.2. The Morgan fingerprint density at radius 3 is 2.33 bits per heavy atom. The van der Waals surface area contributed by atoms with Crippen molar-refractivity contribution < 1.29 is 20.2 Å². The summed E-state index contributed by atoms with van der Waals surface area (Å²) >= 11 is 0. The van der Waals surface area contributed by atoms with Crippen molar-refractivity contribution in [2.24, 2.45) is 5.16 Å². The molecule has 9 heavy (non-hydrogen) atoms. The van der Waals surface area contributed by atoms with Gasteiger partial charge in [-0.3, -0.25) is 0 Å². The molecule has 5 nitrogen and oxygen atoms in total. The standard InChI is InChI=1S/C4H7NO4/c6-4(7,8)3-1-2-9-5-3/h6-8H,1-2H2. The molecule has 1 aliphatic heterocycles. The van der Waals surface area contributed by atoms with E-state index < -0.39 is 5.97 Å². The van der Waals surface area contributed by atoms with Crippen molar-refractivity contribution in [3.63, 3.8) is 0 Å². The van der Waals surface area contributed by atoms with Gasteiger partial charge in [-0.2, -0.15) is 0 Å². The lowest BCUT2D eigenvalue weighted by molar-refractivity contribution is -0.256. The van der Waals surface area contributed by atoms with Gasteiger partial charge in [0, 0.05) is 6.42 Å². The smallest absolute Gasteiger partial charge is 0.321 e. The quantitative estimate of drug-likeness (QED) is 0.376. The van der Waals surface area contributed by atoms with E-state index in [0.717, 1.165) is 0 Å². The Bertz CT molecular complexity index is 136. The Morgan fingerprint density at radius 2 is 2.11 bits per heavy atom. The molecule has 0 fully saturated rings. The minimum absolute atomic E-state index is 0.150. The number of nitrogens with zero attached hydrogens (tertiary/aromatic N) is 1. The average molecular weight is 133 g/mol. The topological polar surface area (TPSA) is 82.3 Å². The van der Waals surface area contributed by atoms with Crippen LogP contribution in [0.15, 0.2) is 5.16 Å². The van der Waals surface area contributed by atoms with Crippen LogP contribution in [-0.2, 0) is 4.84 Å². The fourth-order valence-electron chi connectivity index (χ4n) is 0.540. The second-order valence-corrected chi connectivity index (χ2v) is 1.76. The zero-order valence-electron chi connectivity index (χ0n) is 4.61. The van der Waals surface area contributed by atoms with Crippen LogP contribution in [0.25, 0.3) is 0 Å². The molecule has 0 saturated heterocycles. The number of hydrogen-bond donors (Lipinski definition) is 3. The third kappa shape index (κ3) is 1.38. The van der Waals surface area contributed by atoms with Crippen LogP contribution in [0.3, 0.4) is 0 Å². The first-order chi connectivity index (χ1) is 4.11. The second-order valence-electron chi connectivity index (χ2n) is 1.76. The molecule has 3 N–H and O–H groups in total. The second kappa shape index (κ2) is 1.94. The van der Waals surface area contributed by atoms with E-state index in [0.29, 0.717) is 6.61 Å². The lowest BCUT2D eigenvalue weighted by Gasteiger charge is -2.10. The van der Waals surface area contributed by atoms with E-state index in [1.807, 2.05) is 0 Å². The van der Waals surface area contributed by atoms with Gasteiger partial charge in [-0.1, -0.05) is 5.16 Å². The summed E-state index contributed by atoms with van der Waals surface area (Å²) in [5, 5.41) is 28.4. The molecule has 1 aliphatic rings. The minimum Gasteiger partial charge on any atom is -0.395 e. The van der Waals surface area contributed by atoms with Gasteiger partial charge in [-0.25, -0.2) is 0 Å². The predicted molar refractivity (Wildman–Crippen MR) is 27.4 cm³/mol. The lowest BCUT2D eigenvalue weighted by Crippen LogP contribution is -2.36. The predicted octanol–water partition coefficient (Wildman–Crippen LogP) is -1.61. The minimum atomic E-state index is -2.80. The Hall–Kier alpha value is -0.650. The maximum atomic E-state index is 8.42. The summed E-state index contributed by atoms with van der Waals surface area (Å²) < 4.78 is 0. The molecule has 0 unspecified atom stereocenters. The molecule has 0 aliphatic carbocycles. The largest absolute Gasteiger partial charge is 0.395 e. The normalized spacial score (nSPS) is 19.2. The van der Waals surface area contributed by atoms with Crippen molar-refractivity contribution in [1.29, 1.82) is 0 Å². The molecule has 0 bridgehead atoms. The SMILES string of the molecule is OC(O)(O)C1=NOCC1. The van der Waals surface area contributed by atoms with Gasteiger partial charge in [0.25, 0.3) is 0 Å². The number of rotatable bonds is 1. The molecule has 52 valence electrons. The summed E-state index contributed by atoms with van der Waals surface area (Å²) in [6.07, 6.45) is 0.253. The van der Waals surface area contributed by atoms with Crippen LogP contribution >= 0.6 is 0 Å². The summed E-state index contributed by atoms with van der Waals surface area (Å²) in [4.78, 5) is 4.39. The number of hydrogen-bond acceptors (Lipinski definition) is 5. The highest BCUT2D eigenvalue weighted by atomic mass is 16.7. The van der Waals surface area contributed by atoms with E-state index >= 15 is 0 Å². The van der Waals surface area contributed by atoms with Crippen LogP contribution in [0, 0.1) is 0 Å². The van der Waals surface area contributed by atoms with E-state index in [4.69, 9.17) is 15.3 Å². The third-order valence-corrected chi connectivity index (χ3v) is 0.992. The maximum Gasteiger partial charge on any atom is 0.321 e. The fraction of sp³-hybridized carbons (Fsp3) is 0.750. The summed E-state index contributed by atoms with van der Waals surface area (Å²) in [7, 11) is 0. The van der Waals surface area contributed by atoms with E-state index in [2.05, 4.69) is 9.99 Å². The molecule has 0 radical (unpaired) electrons. The molecule has 5 heteroatoms. The molecule has 1 heterocycles. The molecule has 0 spiro atoms. The van der Waals surface area contributed by atoms with Gasteiger partial charge in [0.2, 0.25) is 0 Å². The van der Waals surface area contributed by atoms with Crippen molar-refractivity contribution in [3.05, 3.63) is 0 Å². The zero-order valence-corrected chi connectivity index (χ0v) is 4.61. The Kier molecular flexibility index (Phi) is 1.40. The van der Waals surface area contributed by atoms with Gasteiger partial charge in [0.05, 0.1) is 0 Å². The van der Waals surface area contributed by atoms with Crippen molar-refractivity contribution in [1.82, 2.24) is 0 Å². The van der Waals surface area contributed by atoms with E-state index in [9.17, 15) is 0 Å². The summed E-state index contributed by atoms with van der Waals surface area (Å²) in [5.41, 5.74) is -0.150. The van der Waals surface area contributed by atoms with E-state index in [-0.39, 0.29) is 12.1 Å². The van der Waals surface area contributed by atoms with Crippen LogP contribution in [-0.4, -0.2) is 33.6 Å². The molecule has 0 saturated carbocycles. The van der Waals surface area contributed by atoms with Crippen molar-refractivity contribution >= 4 is 5.71 Å². The van der Waals surface area contributed by atoms with Gasteiger partial charge in [0.1, 0.15) is 12.3 Å². The molecule has 1 rings (SSSR count). The zero-order chi connectivity index (χ0) is 6.91. The van der Waals surface area contributed by atoms with Crippen LogP contribution in [0.4, 0.5) is 0 Å². The Balaban J connectivity index is 2.61. The van der Waals surface area contributed by atoms with Crippen molar-refractivity contribution in [3.8, 4) is 0 Å². The highest BCUT2D eigenvalue weighted by Crippen LogP contribution is 2.08. The fourth-order valence-corrected chi connectivity index (χ4v) is 0.540. The summed E-state index contributed by atoms with van der Waals surface area (Å²) in [6.45, 7) is 0.290. The summed E-state index contributed by atoms with van der Waals surface area (Å²) in [5.74, 6) is -2.80. The highest BCUT2D eigenvalue weighted by molar-refractivity contribution is 5.89. The van der Waals surface area contributed by atoms with Crippen LogP contribution in [0.5, 0.6) is 0 Å². The molecule has 0 aromatic heterocycles. The molecule has 0 aromatic rings. The highest BCUT2D eigenvalue weighted by Gasteiger charge is 2.30. The molecule has 0 amide bonds. The Morgan fingerprint density at radius 1 is 1.44 bits per heavy atom. The van der Waals surface area contributed by atoms with Crippen molar-refractivity contribution in [2.45, 2.75) is 12.4 Å². The van der Waals surface area contributed by atoms with E-state index in [1.165, 1.54) is 0 Å². The average Bonchev–Trinajstić information content (AvgIpc) is 2.08. The molecule has 0 atom stereocenters. The maximum absolute atomic E-state index is 8.42. The van der Waals surface area contributed by atoms with Crippen LogP contribution in [0.1, 0.15) is 6.42 Å². The molecular weight excluding hydrogens is 126 g/mol. The summed E-state index contributed by atoms with van der Waals surface area (Å²) in [6, 6.07) is 0. The Labute approximate surface area is 51.2 Å². The first kappa shape index (κ1) is 6.47. The number of oxime groups is 1. The van der Waals surface area contributed by atoms with Crippen LogP contribution in [0.2, 0.25) is 0 Å².